The Labute approximate surface area is 177 Å². The number of carbonyl (C=O) groups is 2. The van der Waals surface area contributed by atoms with Gasteiger partial charge in [-0.25, -0.2) is 0 Å². The van der Waals surface area contributed by atoms with Gasteiger partial charge in [-0.05, 0) is 63.4 Å². The lowest BCUT2D eigenvalue weighted by Crippen LogP contribution is -2.31. The maximum absolute atomic E-state index is 12.4. The molecule has 0 bridgehead atoms. The molecule has 0 radical (unpaired) electrons. The van der Waals surface area contributed by atoms with Crippen molar-refractivity contribution in [1.29, 1.82) is 0 Å². The van der Waals surface area contributed by atoms with Crippen molar-refractivity contribution < 1.29 is 14.3 Å². The van der Waals surface area contributed by atoms with Gasteiger partial charge in [0.25, 0.3) is 5.91 Å². The molecule has 0 aliphatic rings. The summed E-state index contributed by atoms with van der Waals surface area (Å²) >= 11 is 6.06. The van der Waals surface area contributed by atoms with Crippen molar-refractivity contribution >= 4 is 29.1 Å². The zero-order valence-corrected chi connectivity index (χ0v) is 18.1. The molecule has 0 fully saturated rings. The normalized spacial score (nSPS) is 10.7. The van der Waals surface area contributed by atoms with Gasteiger partial charge in [0.1, 0.15) is 5.75 Å². The molecular formula is C22H28ClN3O3. The topological polar surface area (TPSA) is 61.9 Å². The van der Waals surface area contributed by atoms with E-state index in [1.54, 1.807) is 42.3 Å². The van der Waals surface area contributed by atoms with Gasteiger partial charge in [0.05, 0.1) is 13.7 Å². The third kappa shape index (κ3) is 6.48. The third-order valence-corrected chi connectivity index (χ3v) is 4.80. The number of halogens is 1. The molecule has 0 spiro atoms. The lowest BCUT2D eigenvalue weighted by Gasteiger charge is -2.19. The van der Waals surface area contributed by atoms with Crippen LogP contribution in [0.1, 0.15) is 29.8 Å². The van der Waals surface area contributed by atoms with Crippen molar-refractivity contribution in [2.45, 2.75) is 20.4 Å². The Balaban J connectivity index is 1.93. The first kappa shape index (κ1) is 22.7. The highest BCUT2D eigenvalue weighted by Gasteiger charge is 2.14. The second-order valence-electron chi connectivity index (χ2n) is 6.73. The standard InChI is InChI=1S/C22H28ClN3O3/c1-5-26(6-2)22(28)16-7-10-19(11-8-16)24-21(27)15-25(3)14-17-13-18(23)9-12-20(17)29-4/h7-13H,5-6,14-15H2,1-4H3,(H,24,27). The van der Waals surface area contributed by atoms with Crippen LogP contribution in [0, 0.1) is 0 Å². The summed E-state index contributed by atoms with van der Waals surface area (Å²) in [7, 11) is 3.46. The summed E-state index contributed by atoms with van der Waals surface area (Å²) in [6.45, 7) is 5.95. The summed E-state index contributed by atoms with van der Waals surface area (Å²) in [5.41, 5.74) is 2.17. The van der Waals surface area contributed by atoms with E-state index in [0.717, 1.165) is 11.3 Å². The molecule has 2 aromatic rings. The molecule has 0 heterocycles. The summed E-state index contributed by atoms with van der Waals surface area (Å²) in [6, 6.07) is 12.4. The molecule has 29 heavy (non-hydrogen) atoms. The Bertz CT molecular complexity index is 836. The summed E-state index contributed by atoms with van der Waals surface area (Å²) in [6.07, 6.45) is 0. The fraction of sp³-hybridized carbons (Fsp3) is 0.364. The zero-order chi connectivity index (χ0) is 21.4. The van der Waals surface area contributed by atoms with Crippen molar-refractivity contribution in [2.24, 2.45) is 0 Å². The predicted molar refractivity (Wildman–Crippen MR) is 117 cm³/mol. The van der Waals surface area contributed by atoms with Crippen LogP contribution in [0.25, 0.3) is 0 Å². The van der Waals surface area contributed by atoms with Crippen LogP contribution in [0.15, 0.2) is 42.5 Å². The van der Waals surface area contributed by atoms with Crippen LogP contribution in [0.3, 0.4) is 0 Å². The molecule has 6 nitrogen and oxygen atoms in total. The highest BCUT2D eigenvalue weighted by atomic mass is 35.5. The van der Waals surface area contributed by atoms with Gasteiger partial charge < -0.3 is 15.0 Å². The highest BCUT2D eigenvalue weighted by Crippen LogP contribution is 2.23. The number of rotatable bonds is 9. The van der Waals surface area contributed by atoms with Crippen LogP contribution < -0.4 is 10.1 Å². The number of benzene rings is 2. The first-order valence-electron chi connectivity index (χ1n) is 9.58. The van der Waals surface area contributed by atoms with Gasteiger partial charge in [-0.3, -0.25) is 14.5 Å². The maximum Gasteiger partial charge on any atom is 0.253 e. The molecular weight excluding hydrogens is 390 g/mol. The van der Waals surface area contributed by atoms with E-state index in [0.29, 0.717) is 35.9 Å². The van der Waals surface area contributed by atoms with Crippen molar-refractivity contribution in [2.75, 3.05) is 39.1 Å². The SMILES string of the molecule is CCN(CC)C(=O)c1ccc(NC(=O)CN(C)Cc2cc(Cl)ccc2OC)cc1. The summed E-state index contributed by atoms with van der Waals surface area (Å²) < 4.78 is 5.35. The van der Waals surface area contributed by atoms with Gasteiger partial charge in [0.2, 0.25) is 5.91 Å². The Morgan fingerprint density at radius 3 is 2.31 bits per heavy atom. The Morgan fingerprint density at radius 1 is 1.07 bits per heavy atom. The molecule has 0 saturated heterocycles. The molecule has 0 aromatic heterocycles. The second-order valence-corrected chi connectivity index (χ2v) is 7.17. The van der Waals surface area contributed by atoms with Gasteiger partial charge in [-0.1, -0.05) is 11.6 Å². The van der Waals surface area contributed by atoms with E-state index >= 15 is 0 Å². The van der Waals surface area contributed by atoms with Gasteiger partial charge in [0, 0.05) is 41.5 Å². The lowest BCUT2D eigenvalue weighted by atomic mass is 10.1. The largest absolute Gasteiger partial charge is 0.496 e. The molecule has 0 aliphatic carbocycles. The highest BCUT2D eigenvalue weighted by molar-refractivity contribution is 6.30. The minimum absolute atomic E-state index is 0.0110. The zero-order valence-electron chi connectivity index (χ0n) is 17.4. The number of amides is 2. The van der Waals surface area contributed by atoms with E-state index < -0.39 is 0 Å². The Kier molecular flexibility index (Phi) is 8.49. The van der Waals surface area contributed by atoms with E-state index in [1.807, 2.05) is 37.9 Å². The van der Waals surface area contributed by atoms with Crippen LogP contribution in [-0.2, 0) is 11.3 Å². The molecule has 0 atom stereocenters. The van der Waals surface area contributed by atoms with E-state index in [1.165, 1.54) is 0 Å². The van der Waals surface area contributed by atoms with Crippen LogP contribution in [0.2, 0.25) is 5.02 Å². The summed E-state index contributed by atoms with van der Waals surface area (Å²) in [4.78, 5) is 28.4. The fourth-order valence-electron chi connectivity index (χ4n) is 3.05. The molecule has 2 aromatic carbocycles. The maximum atomic E-state index is 12.4. The van der Waals surface area contributed by atoms with E-state index in [4.69, 9.17) is 16.3 Å². The average molecular weight is 418 g/mol. The van der Waals surface area contributed by atoms with E-state index in [2.05, 4.69) is 5.32 Å². The first-order valence-corrected chi connectivity index (χ1v) is 9.95. The van der Waals surface area contributed by atoms with E-state index in [-0.39, 0.29) is 18.4 Å². The fourth-order valence-corrected chi connectivity index (χ4v) is 3.25. The quantitative estimate of drug-likeness (QED) is 0.672. The number of hydrogen-bond donors (Lipinski definition) is 1. The van der Waals surface area contributed by atoms with Crippen molar-refractivity contribution in [1.82, 2.24) is 9.80 Å². The molecule has 0 aliphatic heterocycles. The summed E-state index contributed by atoms with van der Waals surface area (Å²) in [5, 5.41) is 3.48. The van der Waals surface area contributed by atoms with Crippen LogP contribution in [-0.4, -0.2) is 55.4 Å². The molecule has 2 amide bonds. The van der Waals surface area contributed by atoms with Crippen LogP contribution in [0.4, 0.5) is 5.69 Å². The Hall–Kier alpha value is -2.57. The second kappa shape index (κ2) is 10.8. The molecule has 1 N–H and O–H groups in total. The molecule has 7 heteroatoms. The van der Waals surface area contributed by atoms with Crippen LogP contribution in [0.5, 0.6) is 5.75 Å². The van der Waals surface area contributed by atoms with Gasteiger partial charge in [-0.15, -0.1) is 0 Å². The smallest absolute Gasteiger partial charge is 0.253 e. The minimum atomic E-state index is -0.142. The van der Waals surface area contributed by atoms with Crippen molar-refractivity contribution in [3.63, 3.8) is 0 Å². The van der Waals surface area contributed by atoms with Gasteiger partial charge in [-0.2, -0.15) is 0 Å². The van der Waals surface area contributed by atoms with Crippen molar-refractivity contribution in [3.8, 4) is 5.75 Å². The predicted octanol–water partition coefficient (Wildman–Crippen LogP) is 3.90. The third-order valence-electron chi connectivity index (χ3n) is 4.56. The van der Waals surface area contributed by atoms with Crippen molar-refractivity contribution in [3.05, 3.63) is 58.6 Å². The van der Waals surface area contributed by atoms with Gasteiger partial charge >= 0.3 is 0 Å². The number of methoxy groups -OCH3 is 1. The molecule has 156 valence electrons. The minimum Gasteiger partial charge on any atom is -0.496 e. The molecule has 0 saturated carbocycles. The first-order chi connectivity index (χ1) is 13.9. The number of nitrogens with one attached hydrogen (secondary N) is 1. The Morgan fingerprint density at radius 2 is 1.72 bits per heavy atom. The molecule has 0 unspecified atom stereocenters. The van der Waals surface area contributed by atoms with E-state index in [9.17, 15) is 9.59 Å². The number of nitrogens with zero attached hydrogens (tertiary/aromatic N) is 2. The average Bonchev–Trinajstić information content (AvgIpc) is 2.69. The number of hydrogen-bond acceptors (Lipinski definition) is 4. The number of anilines is 1. The lowest BCUT2D eigenvalue weighted by molar-refractivity contribution is -0.117. The van der Waals surface area contributed by atoms with Crippen LogP contribution >= 0.6 is 11.6 Å². The number of carbonyl (C=O) groups excluding carboxylic acids is 2. The van der Waals surface area contributed by atoms with Gasteiger partial charge in [0.15, 0.2) is 0 Å². The summed E-state index contributed by atoms with van der Waals surface area (Å²) in [5.74, 6) is 0.578. The molecule has 2 rings (SSSR count). The number of ether oxygens (including phenoxy) is 1. The number of likely N-dealkylation sites (N-methyl/N-ethyl adjacent to an activating group) is 1. The monoisotopic (exact) mass is 417 g/mol.